The molecule has 3 aromatic carbocycles. The maximum absolute atomic E-state index is 13.2. The molecule has 2 fully saturated rings. The fourth-order valence-electron chi connectivity index (χ4n) is 5.54. The van der Waals surface area contributed by atoms with Crippen LogP contribution in [0, 0.1) is 5.41 Å². The van der Waals surface area contributed by atoms with E-state index in [1.54, 1.807) is 24.3 Å². The first-order valence-corrected chi connectivity index (χ1v) is 12.1. The SMILES string of the molecule is O=C1OC23OC(=O)/C(=C/c4ccc(Cl)cc4)CC2(C/C1=C\c1ccc(Cl)cc1)Cc1ccccc13. The predicted molar refractivity (Wildman–Crippen MR) is 135 cm³/mol. The highest BCUT2D eigenvalue weighted by atomic mass is 35.5. The summed E-state index contributed by atoms with van der Waals surface area (Å²) < 4.78 is 12.2. The molecule has 3 aliphatic rings. The molecule has 2 saturated heterocycles. The van der Waals surface area contributed by atoms with Crippen LogP contribution in [0.3, 0.4) is 0 Å². The van der Waals surface area contributed by atoms with Gasteiger partial charge >= 0.3 is 11.9 Å². The van der Waals surface area contributed by atoms with Gasteiger partial charge in [0.1, 0.15) is 0 Å². The van der Waals surface area contributed by atoms with Gasteiger partial charge in [0.25, 0.3) is 5.79 Å². The Morgan fingerprint density at radius 2 is 1.14 bits per heavy atom. The summed E-state index contributed by atoms with van der Waals surface area (Å²) in [4.78, 5) is 26.5. The average Bonchev–Trinajstić information content (AvgIpc) is 3.11. The standard InChI is InChI=1S/C29H20Cl2O4/c30-23-9-5-18(6-10-23)13-21-16-28-15-20-3-1-2-4-25(20)29(28,34-26(21)32)35-27(33)22(17-28)14-19-7-11-24(31)12-8-19/h1-14H,15-17H2/b21-13+,22-14+. The summed E-state index contributed by atoms with van der Waals surface area (Å²) in [7, 11) is 0. The van der Waals surface area contributed by atoms with E-state index in [-0.39, 0.29) is 0 Å². The summed E-state index contributed by atoms with van der Waals surface area (Å²) in [6.45, 7) is 0. The van der Waals surface area contributed by atoms with Crippen LogP contribution < -0.4 is 0 Å². The van der Waals surface area contributed by atoms with Crippen LogP contribution in [0.5, 0.6) is 0 Å². The minimum absolute atomic E-state index is 0.411. The second-order valence-electron chi connectivity index (χ2n) is 9.31. The number of esters is 2. The highest BCUT2D eigenvalue weighted by Gasteiger charge is 2.69. The molecule has 0 atom stereocenters. The average molecular weight is 503 g/mol. The Kier molecular flexibility index (Phi) is 5.13. The van der Waals surface area contributed by atoms with Crippen molar-refractivity contribution in [1.82, 2.24) is 0 Å². The molecule has 6 heteroatoms. The lowest BCUT2D eigenvalue weighted by molar-refractivity contribution is -0.289. The third-order valence-electron chi connectivity index (χ3n) is 7.08. The van der Waals surface area contributed by atoms with Gasteiger partial charge in [-0.05, 0) is 72.4 Å². The number of hydrogen-bond donors (Lipinski definition) is 0. The number of fused-ring (bicyclic) bond motifs is 1. The van der Waals surface area contributed by atoms with Crippen LogP contribution in [0.25, 0.3) is 12.2 Å². The minimum Gasteiger partial charge on any atom is -0.414 e. The molecule has 6 rings (SSSR count). The molecule has 35 heavy (non-hydrogen) atoms. The molecule has 0 saturated carbocycles. The monoisotopic (exact) mass is 502 g/mol. The van der Waals surface area contributed by atoms with E-state index in [0.29, 0.717) is 40.5 Å². The van der Waals surface area contributed by atoms with E-state index in [9.17, 15) is 9.59 Å². The van der Waals surface area contributed by atoms with Crippen LogP contribution in [0.1, 0.15) is 35.1 Å². The first-order chi connectivity index (χ1) is 16.9. The second kappa shape index (κ2) is 8.11. The molecule has 2 aliphatic heterocycles. The van der Waals surface area contributed by atoms with Gasteiger partial charge in [-0.15, -0.1) is 0 Å². The van der Waals surface area contributed by atoms with Gasteiger partial charge in [0.15, 0.2) is 0 Å². The van der Waals surface area contributed by atoms with Crippen molar-refractivity contribution in [3.8, 4) is 0 Å². The zero-order valence-corrected chi connectivity index (χ0v) is 20.1. The number of halogens is 2. The van der Waals surface area contributed by atoms with Crippen LogP contribution in [0.4, 0.5) is 0 Å². The maximum atomic E-state index is 13.2. The highest BCUT2D eigenvalue weighted by molar-refractivity contribution is 6.30. The number of rotatable bonds is 2. The first-order valence-electron chi connectivity index (χ1n) is 11.3. The Balaban J connectivity index is 1.46. The van der Waals surface area contributed by atoms with Crippen molar-refractivity contribution in [3.05, 3.63) is 116 Å². The van der Waals surface area contributed by atoms with Gasteiger partial charge in [0.05, 0.1) is 5.41 Å². The van der Waals surface area contributed by atoms with Gasteiger partial charge in [0.2, 0.25) is 0 Å². The van der Waals surface area contributed by atoms with E-state index in [1.807, 2.05) is 60.7 Å². The molecule has 4 nitrogen and oxygen atoms in total. The summed E-state index contributed by atoms with van der Waals surface area (Å²) >= 11 is 12.1. The fourth-order valence-corrected chi connectivity index (χ4v) is 5.79. The van der Waals surface area contributed by atoms with Crippen molar-refractivity contribution in [1.29, 1.82) is 0 Å². The number of carbonyl (C=O) groups is 2. The highest BCUT2D eigenvalue weighted by Crippen LogP contribution is 2.64. The van der Waals surface area contributed by atoms with Crippen molar-refractivity contribution in [2.75, 3.05) is 0 Å². The Labute approximate surface area is 212 Å². The molecule has 1 aliphatic carbocycles. The van der Waals surface area contributed by atoms with Crippen LogP contribution >= 0.6 is 23.2 Å². The fraction of sp³-hybridized carbons (Fsp3) is 0.172. The smallest absolute Gasteiger partial charge is 0.337 e. The predicted octanol–water partition coefficient (Wildman–Crippen LogP) is 6.75. The van der Waals surface area contributed by atoms with Crippen molar-refractivity contribution < 1.29 is 19.1 Å². The van der Waals surface area contributed by atoms with Crippen molar-refractivity contribution >= 4 is 47.3 Å². The molecule has 0 radical (unpaired) electrons. The summed E-state index contributed by atoms with van der Waals surface area (Å²) in [5.41, 5.74) is 3.91. The molecule has 174 valence electrons. The van der Waals surface area contributed by atoms with Crippen LogP contribution in [0.15, 0.2) is 83.9 Å². The number of hydrogen-bond acceptors (Lipinski definition) is 4. The minimum atomic E-state index is -1.44. The maximum Gasteiger partial charge on any atom is 0.337 e. The van der Waals surface area contributed by atoms with E-state index in [0.717, 1.165) is 22.3 Å². The number of ether oxygens (including phenoxy) is 2. The topological polar surface area (TPSA) is 52.6 Å². The molecule has 0 amide bonds. The molecule has 0 N–H and O–H groups in total. The molecular weight excluding hydrogens is 483 g/mol. The lowest BCUT2D eigenvalue weighted by atomic mass is 9.67. The van der Waals surface area contributed by atoms with E-state index < -0.39 is 23.1 Å². The lowest BCUT2D eigenvalue weighted by Crippen LogP contribution is -2.56. The number of carbonyl (C=O) groups excluding carboxylic acids is 2. The Hall–Kier alpha value is -3.34. The third-order valence-corrected chi connectivity index (χ3v) is 7.58. The van der Waals surface area contributed by atoms with Gasteiger partial charge in [-0.3, -0.25) is 0 Å². The molecular formula is C29H20Cl2O4. The summed E-state index contributed by atoms with van der Waals surface area (Å²) in [5.74, 6) is -2.40. The molecule has 0 unspecified atom stereocenters. The van der Waals surface area contributed by atoms with Crippen LogP contribution in [0.2, 0.25) is 10.0 Å². The third kappa shape index (κ3) is 3.60. The normalized spacial score (nSPS) is 27.1. The largest absolute Gasteiger partial charge is 0.414 e. The van der Waals surface area contributed by atoms with Crippen molar-refractivity contribution in [2.24, 2.45) is 5.41 Å². The Morgan fingerprint density at radius 1 is 0.657 bits per heavy atom. The molecule has 0 aromatic heterocycles. The van der Waals surface area contributed by atoms with Gasteiger partial charge in [-0.1, -0.05) is 71.7 Å². The lowest BCUT2D eigenvalue weighted by Gasteiger charge is -2.50. The Morgan fingerprint density at radius 3 is 1.66 bits per heavy atom. The summed E-state index contributed by atoms with van der Waals surface area (Å²) in [6.07, 6.45) is 5.11. The van der Waals surface area contributed by atoms with E-state index in [4.69, 9.17) is 32.7 Å². The Bertz CT molecular complexity index is 1340. The van der Waals surface area contributed by atoms with E-state index in [1.165, 1.54) is 0 Å². The second-order valence-corrected chi connectivity index (χ2v) is 10.2. The first kappa shape index (κ1) is 22.1. The van der Waals surface area contributed by atoms with Crippen molar-refractivity contribution in [3.63, 3.8) is 0 Å². The van der Waals surface area contributed by atoms with E-state index >= 15 is 0 Å². The molecule has 3 aromatic rings. The zero-order valence-electron chi connectivity index (χ0n) is 18.6. The number of benzene rings is 3. The van der Waals surface area contributed by atoms with Gasteiger partial charge in [0, 0.05) is 26.8 Å². The van der Waals surface area contributed by atoms with E-state index in [2.05, 4.69) is 0 Å². The zero-order chi connectivity index (χ0) is 24.2. The molecule has 2 heterocycles. The van der Waals surface area contributed by atoms with Crippen molar-refractivity contribution in [2.45, 2.75) is 25.0 Å². The van der Waals surface area contributed by atoms with Crippen LogP contribution in [-0.4, -0.2) is 11.9 Å². The van der Waals surface area contributed by atoms with Gasteiger partial charge in [-0.25, -0.2) is 9.59 Å². The quantitative estimate of drug-likeness (QED) is 0.287. The molecule has 0 spiro atoms. The van der Waals surface area contributed by atoms with Gasteiger partial charge < -0.3 is 9.47 Å². The summed E-state index contributed by atoms with van der Waals surface area (Å²) in [6, 6.07) is 22.3. The summed E-state index contributed by atoms with van der Waals surface area (Å²) in [5, 5.41) is 1.25. The molecule has 0 bridgehead atoms. The van der Waals surface area contributed by atoms with Crippen LogP contribution in [-0.2, 0) is 31.3 Å². The van der Waals surface area contributed by atoms with Gasteiger partial charge in [-0.2, -0.15) is 0 Å².